The predicted molar refractivity (Wildman–Crippen MR) is 124 cm³/mol. The Morgan fingerprint density at radius 3 is 2.57 bits per heavy atom. The molecule has 4 rings (SSSR count). The molecule has 3 heteroatoms. The fourth-order valence-electron chi connectivity index (χ4n) is 4.71. The lowest BCUT2D eigenvalue weighted by Crippen LogP contribution is -2.29. The number of hydrogen-bond acceptors (Lipinski definition) is 3. The standard InChI is InChI=1S/C27H33NO2/c1-3-29-17-18-30-25-15-12-21(13-16-25)23-11-14-24(19-23)28-20(2)26-10-6-8-22-7-4-5-9-27(22)26/h4-10,12-13,15-16,20,23-24,28H,3,11,14,17-19H2,1-2H3/t20-,23-,24+/m1/s1. The Bertz CT molecular complexity index is 932. The molecule has 1 fully saturated rings. The SMILES string of the molecule is CCOCCOc1ccc([C@@H]2CC[C@H](N[C@H](C)c3cccc4ccccc34)C2)cc1. The van der Waals surface area contributed by atoms with Gasteiger partial charge >= 0.3 is 0 Å². The Morgan fingerprint density at radius 1 is 0.933 bits per heavy atom. The van der Waals surface area contributed by atoms with Crippen LogP contribution in [0.15, 0.2) is 66.7 Å². The van der Waals surface area contributed by atoms with E-state index in [1.165, 1.54) is 41.2 Å². The number of benzene rings is 3. The maximum Gasteiger partial charge on any atom is 0.119 e. The van der Waals surface area contributed by atoms with Crippen molar-refractivity contribution in [1.82, 2.24) is 5.32 Å². The lowest BCUT2D eigenvalue weighted by atomic mass is 9.96. The number of rotatable bonds is 9. The molecular formula is C27H33NO2. The first-order valence-corrected chi connectivity index (χ1v) is 11.3. The van der Waals surface area contributed by atoms with E-state index >= 15 is 0 Å². The van der Waals surface area contributed by atoms with Crippen molar-refractivity contribution < 1.29 is 9.47 Å². The molecule has 3 nitrogen and oxygen atoms in total. The first-order chi connectivity index (χ1) is 14.7. The van der Waals surface area contributed by atoms with Gasteiger partial charge in [0.25, 0.3) is 0 Å². The zero-order valence-corrected chi connectivity index (χ0v) is 18.1. The molecule has 0 amide bonds. The summed E-state index contributed by atoms with van der Waals surface area (Å²) < 4.78 is 11.1. The van der Waals surface area contributed by atoms with E-state index in [4.69, 9.17) is 9.47 Å². The van der Waals surface area contributed by atoms with Gasteiger partial charge in [0, 0.05) is 18.7 Å². The van der Waals surface area contributed by atoms with E-state index in [0.717, 1.165) is 12.4 Å². The van der Waals surface area contributed by atoms with Crippen LogP contribution in [0.2, 0.25) is 0 Å². The number of ether oxygens (including phenoxy) is 2. The predicted octanol–water partition coefficient (Wildman–Crippen LogP) is 6.24. The van der Waals surface area contributed by atoms with Crippen molar-refractivity contribution in [2.45, 2.75) is 51.1 Å². The van der Waals surface area contributed by atoms with Crippen LogP contribution in [0.25, 0.3) is 10.8 Å². The summed E-state index contributed by atoms with van der Waals surface area (Å²) in [6.45, 7) is 6.28. The van der Waals surface area contributed by atoms with Crippen molar-refractivity contribution in [3.63, 3.8) is 0 Å². The summed E-state index contributed by atoms with van der Waals surface area (Å²) in [5.41, 5.74) is 2.82. The fraction of sp³-hybridized carbons (Fsp3) is 0.407. The summed E-state index contributed by atoms with van der Waals surface area (Å²) in [4.78, 5) is 0. The first-order valence-electron chi connectivity index (χ1n) is 11.3. The molecule has 0 unspecified atom stereocenters. The molecule has 0 heterocycles. The van der Waals surface area contributed by atoms with Crippen LogP contribution in [0.4, 0.5) is 0 Å². The molecule has 1 aliphatic rings. The molecule has 3 aromatic carbocycles. The molecule has 1 saturated carbocycles. The van der Waals surface area contributed by atoms with E-state index in [1.54, 1.807) is 0 Å². The average molecular weight is 404 g/mol. The van der Waals surface area contributed by atoms with Gasteiger partial charge in [-0.15, -0.1) is 0 Å². The highest BCUT2D eigenvalue weighted by atomic mass is 16.5. The van der Waals surface area contributed by atoms with Gasteiger partial charge in [0.15, 0.2) is 0 Å². The molecule has 30 heavy (non-hydrogen) atoms. The van der Waals surface area contributed by atoms with Crippen LogP contribution in [-0.2, 0) is 4.74 Å². The summed E-state index contributed by atoms with van der Waals surface area (Å²) in [6, 6.07) is 24.9. The molecule has 0 saturated heterocycles. The average Bonchev–Trinajstić information content (AvgIpc) is 3.25. The fourth-order valence-corrected chi connectivity index (χ4v) is 4.71. The maximum absolute atomic E-state index is 5.75. The highest BCUT2D eigenvalue weighted by molar-refractivity contribution is 5.86. The summed E-state index contributed by atoms with van der Waals surface area (Å²) in [6.07, 6.45) is 3.66. The molecule has 1 N–H and O–H groups in total. The van der Waals surface area contributed by atoms with Gasteiger partial charge in [-0.1, -0.05) is 54.6 Å². The van der Waals surface area contributed by atoms with Gasteiger partial charge in [-0.3, -0.25) is 0 Å². The highest BCUT2D eigenvalue weighted by Crippen LogP contribution is 2.36. The second-order valence-corrected chi connectivity index (χ2v) is 8.28. The van der Waals surface area contributed by atoms with Crippen molar-refractivity contribution in [3.05, 3.63) is 77.9 Å². The van der Waals surface area contributed by atoms with Gasteiger partial charge < -0.3 is 14.8 Å². The van der Waals surface area contributed by atoms with Crippen molar-refractivity contribution in [3.8, 4) is 5.75 Å². The number of hydrogen-bond donors (Lipinski definition) is 1. The topological polar surface area (TPSA) is 30.5 Å². The van der Waals surface area contributed by atoms with Gasteiger partial charge in [-0.2, -0.15) is 0 Å². The van der Waals surface area contributed by atoms with E-state index in [2.05, 4.69) is 79.0 Å². The van der Waals surface area contributed by atoms with Crippen LogP contribution in [0.1, 0.15) is 56.2 Å². The Labute approximate surface area is 180 Å². The van der Waals surface area contributed by atoms with Crippen LogP contribution >= 0.6 is 0 Å². The third-order valence-corrected chi connectivity index (χ3v) is 6.26. The van der Waals surface area contributed by atoms with Gasteiger partial charge in [0.1, 0.15) is 12.4 Å². The largest absolute Gasteiger partial charge is 0.491 e. The van der Waals surface area contributed by atoms with E-state index in [-0.39, 0.29) is 0 Å². The molecular weight excluding hydrogens is 370 g/mol. The lowest BCUT2D eigenvalue weighted by molar-refractivity contribution is 0.110. The highest BCUT2D eigenvalue weighted by Gasteiger charge is 2.27. The molecule has 0 aromatic heterocycles. The Kier molecular flexibility index (Phi) is 7.03. The number of fused-ring (bicyclic) bond motifs is 1. The first kappa shape index (κ1) is 20.9. The third kappa shape index (κ3) is 5.03. The third-order valence-electron chi connectivity index (χ3n) is 6.26. The summed E-state index contributed by atoms with van der Waals surface area (Å²) >= 11 is 0. The second-order valence-electron chi connectivity index (χ2n) is 8.28. The summed E-state index contributed by atoms with van der Waals surface area (Å²) in [5, 5.41) is 6.57. The minimum absolute atomic E-state index is 0.348. The van der Waals surface area contributed by atoms with Gasteiger partial charge in [0.05, 0.1) is 6.61 Å². The lowest BCUT2D eigenvalue weighted by Gasteiger charge is -2.21. The monoisotopic (exact) mass is 403 g/mol. The van der Waals surface area contributed by atoms with Crippen molar-refractivity contribution in [1.29, 1.82) is 0 Å². The molecule has 0 radical (unpaired) electrons. The summed E-state index contributed by atoms with van der Waals surface area (Å²) in [5.74, 6) is 1.55. The Balaban J connectivity index is 1.33. The van der Waals surface area contributed by atoms with Crippen LogP contribution in [0.3, 0.4) is 0 Å². The number of nitrogens with one attached hydrogen (secondary N) is 1. The molecule has 0 spiro atoms. The molecule has 0 aliphatic heterocycles. The maximum atomic E-state index is 5.75. The van der Waals surface area contributed by atoms with Crippen LogP contribution < -0.4 is 10.1 Å². The smallest absolute Gasteiger partial charge is 0.119 e. The van der Waals surface area contributed by atoms with E-state index in [9.17, 15) is 0 Å². The molecule has 3 aromatic rings. The van der Waals surface area contributed by atoms with Crippen molar-refractivity contribution >= 4 is 10.8 Å². The van der Waals surface area contributed by atoms with Gasteiger partial charge in [-0.25, -0.2) is 0 Å². The molecule has 0 bridgehead atoms. The minimum Gasteiger partial charge on any atom is -0.491 e. The second kappa shape index (κ2) is 10.1. The molecule has 1 aliphatic carbocycles. The Morgan fingerprint density at radius 2 is 1.73 bits per heavy atom. The normalized spacial score (nSPS) is 19.8. The van der Waals surface area contributed by atoms with Crippen LogP contribution in [0.5, 0.6) is 5.75 Å². The Hall–Kier alpha value is -2.36. The van der Waals surface area contributed by atoms with E-state index < -0.39 is 0 Å². The molecule has 158 valence electrons. The van der Waals surface area contributed by atoms with Crippen molar-refractivity contribution in [2.75, 3.05) is 19.8 Å². The quantitative estimate of drug-likeness (QED) is 0.429. The minimum atomic E-state index is 0.348. The van der Waals surface area contributed by atoms with Gasteiger partial charge in [-0.05, 0) is 73.1 Å². The van der Waals surface area contributed by atoms with E-state index in [0.29, 0.717) is 31.2 Å². The zero-order valence-electron chi connectivity index (χ0n) is 18.1. The summed E-state index contributed by atoms with van der Waals surface area (Å²) in [7, 11) is 0. The molecule has 3 atom stereocenters. The van der Waals surface area contributed by atoms with Crippen molar-refractivity contribution in [2.24, 2.45) is 0 Å². The van der Waals surface area contributed by atoms with Crippen LogP contribution in [-0.4, -0.2) is 25.9 Å². The van der Waals surface area contributed by atoms with Gasteiger partial charge in [0.2, 0.25) is 0 Å². The zero-order chi connectivity index (χ0) is 20.8. The van der Waals surface area contributed by atoms with E-state index in [1.807, 2.05) is 6.92 Å². The van der Waals surface area contributed by atoms with Crippen LogP contribution in [0, 0.1) is 0 Å².